The van der Waals surface area contributed by atoms with Crippen LogP contribution < -0.4 is 15.1 Å². The largest absolute Gasteiger partial charge is 0.353 e. The van der Waals surface area contributed by atoms with Gasteiger partial charge in [-0.15, -0.1) is 0 Å². The van der Waals surface area contributed by atoms with Gasteiger partial charge >= 0.3 is 0 Å². The van der Waals surface area contributed by atoms with Gasteiger partial charge in [-0.2, -0.15) is 0 Å². The van der Waals surface area contributed by atoms with Gasteiger partial charge in [0.25, 0.3) is 5.91 Å². The lowest BCUT2D eigenvalue weighted by atomic mass is 10.1. The number of nitrogens with one attached hydrogen (secondary N) is 1. The molecule has 5 rings (SSSR count). The molecule has 37 heavy (non-hydrogen) atoms. The Labute approximate surface area is 215 Å². The van der Waals surface area contributed by atoms with E-state index in [4.69, 9.17) is 4.98 Å². The number of piperazine rings is 1. The maximum absolute atomic E-state index is 12.7. The summed E-state index contributed by atoms with van der Waals surface area (Å²) in [5.74, 6) is 1.40. The van der Waals surface area contributed by atoms with E-state index in [2.05, 4.69) is 30.1 Å². The highest BCUT2D eigenvalue weighted by molar-refractivity contribution is 7.90. The molecule has 1 aliphatic rings. The molecule has 1 fully saturated rings. The lowest BCUT2D eigenvalue weighted by Crippen LogP contribution is -2.47. The number of amides is 1. The first-order valence-corrected chi connectivity index (χ1v) is 13.8. The molecule has 0 unspecified atom stereocenters. The molecule has 3 aromatic heterocycles. The molecule has 0 spiro atoms. The quantitative estimate of drug-likeness (QED) is 0.411. The number of nitrogens with zero attached hydrogens (tertiary/aromatic N) is 6. The Morgan fingerprint density at radius 1 is 0.946 bits per heavy atom. The van der Waals surface area contributed by atoms with E-state index < -0.39 is 9.84 Å². The molecule has 4 heterocycles. The van der Waals surface area contributed by atoms with Gasteiger partial charge in [0.1, 0.15) is 11.6 Å². The second kappa shape index (κ2) is 10.1. The van der Waals surface area contributed by atoms with E-state index in [1.165, 1.54) is 6.07 Å². The first kappa shape index (κ1) is 24.6. The van der Waals surface area contributed by atoms with Crippen LogP contribution >= 0.6 is 0 Å². The first-order valence-electron chi connectivity index (χ1n) is 11.9. The maximum Gasteiger partial charge on any atom is 0.251 e. The zero-order chi connectivity index (χ0) is 26.0. The number of anilines is 2. The predicted molar refractivity (Wildman–Crippen MR) is 141 cm³/mol. The lowest BCUT2D eigenvalue weighted by Gasteiger charge is -2.35. The number of sulfone groups is 1. The topological polar surface area (TPSA) is 121 Å². The van der Waals surface area contributed by atoms with Gasteiger partial charge in [-0.05, 0) is 42.8 Å². The van der Waals surface area contributed by atoms with E-state index in [9.17, 15) is 13.2 Å². The molecule has 10 nitrogen and oxygen atoms in total. The van der Waals surface area contributed by atoms with Crippen LogP contribution in [0.2, 0.25) is 0 Å². The highest BCUT2D eigenvalue weighted by Crippen LogP contribution is 2.21. The van der Waals surface area contributed by atoms with Crippen molar-refractivity contribution in [3.8, 4) is 0 Å². The van der Waals surface area contributed by atoms with Crippen LogP contribution in [0.25, 0.3) is 10.9 Å². The van der Waals surface area contributed by atoms with Crippen LogP contribution in [0.5, 0.6) is 0 Å². The summed E-state index contributed by atoms with van der Waals surface area (Å²) >= 11 is 0. The zero-order valence-corrected chi connectivity index (χ0v) is 21.4. The number of pyridine rings is 2. The molecule has 11 heteroatoms. The zero-order valence-electron chi connectivity index (χ0n) is 20.6. The third kappa shape index (κ3) is 5.51. The molecule has 0 saturated carbocycles. The Kier molecular flexibility index (Phi) is 6.70. The summed E-state index contributed by atoms with van der Waals surface area (Å²) in [7, 11) is -3.42. The normalized spacial score (nSPS) is 14.1. The Morgan fingerprint density at radius 3 is 2.41 bits per heavy atom. The Balaban J connectivity index is 1.26. The van der Waals surface area contributed by atoms with E-state index >= 15 is 0 Å². The molecule has 1 aromatic carbocycles. The van der Waals surface area contributed by atoms with E-state index in [-0.39, 0.29) is 22.9 Å². The second-order valence-corrected chi connectivity index (χ2v) is 11.0. The molecular formula is C26H27N7O3S. The van der Waals surface area contributed by atoms with Crippen LogP contribution in [0.3, 0.4) is 0 Å². The average molecular weight is 518 g/mol. The van der Waals surface area contributed by atoms with Crippen molar-refractivity contribution in [3.63, 3.8) is 0 Å². The third-order valence-corrected chi connectivity index (χ3v) is 7.61. The van der Waals surface area contributed by atoms with E-state index in [0.29, 0.717) is 11.3 Å². The summed E-state index contributed by atoms with van der Waals surface area (Å²) in [6, 6.07) is 10.5. The molecule has 0 aliphatic carbocycles. The Hall–Kier alpha value is -4.12. The number of carbonyl (C=O) groups excluding carboxylic acids is 1. The van der Waals surface area contributed by atoms with Crippen LogP contribution in [-0.2, 0) is 16.4 Å². The van der Waals surface area contributed by atoms with Crippen molar-refractivity contribution >= 4 is 38.3 Å². The molecule has 0 bridgehead atoms. The minimum absolute atomic E-state index is 0.151. The predicted octanol–water partition coefficient (Wildman–Crippen LogP) is 2.39. The average Bonchev–Trinajstić information content (AvgIpc) is 2.91. The maximum atomic E-state index is 12.7. The van der Waals surface area contributed by atoms with Gasteiger partial charge in [0.2, 0.25) is 0 Å². The fraction of sp³-hybridized carbons (Fsp3) is 0.269. The number of rotatable bonds is 6. The first-order chi connectivity index (χ1) is 17.8. The minimum atomic E-state index is -3.42. The molecule has 1 N–H and O–H groups in total. The molecule has 0 radical (unpaired) electrons. The van der Waals surface area contributed by atoms with Crippen molar-refractivity contribution in [2.45, 2.75) is 18.4 Å². The van der Waals surface area contributed by atoms with Crippen LogP contribution in [0.15, 0.2) is 66.1 Å². The summed E-state index contributed by atoms with van der Waals surface area (Å²) in [6.45, 7) is 5.18. The second-order valence-electron chi connectivity index (χ2n) is 9.01. The van der Waals surface area contributed by atoms with Crippen LogP contribution in [0, 0.1) is 6.92 Å². The fourth-order valence-electron chi connectivity index (χ4n) is 4.35. The van der Waals surface area contributed by atoms with E-state index in [0.717, 1.165) is 55.0 Å². The molecule has 4 aromatic rings. The van der Waals surface area contributed by atoms with Crippen molar-refractivity contribution < 1.29 is 13.2 Å². The highest BCUT2D eigenvalue weighted by Gasteiger charge is 2.20. The van der Waals surface area contributed by atoms with Gasteiger partial charge in [-0.25, -0.2) is 18.4 Å². The van der Waals surface area contributed by atoms with Gasteiger partial charge in [-0.3, -0.25) is 14.8 Å². The molecule has 190 valence electrons. The third-order valence-electron chi connectivity index (χ3n) is 6.37. The molecule has 1 aliphatic heterocycles. The SMILES string of the molecule is Cc1ccc(C(=O)NCc2cc3nc(N4CCN(c5cnccn5)CC4)ccc3cn2)cc1S(C)(=O)=O. The van der Waals surface area contributed by atoms with Gasteiger partial charge < -0.3 is 15.1 Å². The van der Waals surface area contributed by atoms with Gasteiger partial charge in [0.15, 0.2) is 9.84 Å². The van der Waals surface area contributed by atoms with Gasteiger partial charge in [0, 0.05) is 62.0 Å². The van der Waals surface area contributed by atoms with Crippen LogP contribution in [-0.4, -0.2) is 66.7 Å². The molecule has 1 amide bonds. The van der Waals surface area contributed by atoms with Crippen molar-refractivity contribution in [1.82, 2.24) is 25.3 Å². The number of hydrogen-bond donors (Lipinski definition) is 1. The number of aryl methyl sites for hydroxylation is 1. The summed E-state index contributed by atoms with van der Waals surface area (Å²) in [5, 5.41) is 3.74. The summed E-state index contributed by atoms with van der Waals surface area (Å²) in [6.07, 6.45) is 8.03. The number of hydrogen-bond acceptors (Lipinski definition) is 9. The molecule has 0 atom stereocenters. The van der Waals surface area contributed by atoms with Crippen LogP contribution in [0.4, 0.5) is 11.6 Å². The number of benzene rings is 1. The number of fused-ring (bicyclic) bond motifs is 1. The van der Waals surface area contributed by atoms with E-state index in [1.54, 1.807) is 43.8 Å². The number of aromatic nitrogens is 4. The molecular weight excluding hydrogens is 490 g/mol. The van der Waals surface area contributed by atoms with E-state index in [1.807, 2.05) is 18.2 Å². The summed E-state index contributed by atoms with van der Waals surface area (Å²) in [4.78, 5) is 35.1. The van der Waals surface area contributed by atoms with Crippen molar-refractivity contribution in [1.29, 1.82) is 0 Å². The van der Waals surface area contributed by atoms with Gasteiger partial charge in [0.05, 0.1) is 28.8 Å². The lowest BCUT2D eigenvalue weighted by molar-refractivity contribution is 0.0950. The monoisotopic (exact) mass is 517 g/mol. The molecule has 1 saturated heterocycles. The Bertz CT molecular complexity index is 1550. The van der Waals surface area contributed by atoms with Crippen molar-refractivity contribution in [2.75, 3.05) is 42.2 Å². The fourth-order valence-corrected chi connectivity index (χ4v) is 5.35. The smallest absolute Gasteiger partial charge is 0.251 e. The summed E-state index contributed by atoms with van der Waals surface area (Å²) < 4.78 is 24.0. The Morgan fingerprint density at radius 2 is 1.70 bits per heavy atom. The van der Waals surface area contributed by atoms with Crippen molar-refractivity contribution in [3.05, 3.63) is 78.0 Å². The van der Waals surface area contributed by atoms with Gasteiger partial charge in [-0.1, -0.05) is 6.07 Å². The van der Waals surface area contributed by atoms with Crippen molar-refractivity contribution in [2.24, 2.45) is 0 Å². The standard InChI is InChI=1S/C26H27N7O3S/c1-18-3-4-19(13-23(18)37(2,35)36)26(34)30-16-21-14-22-20(15-29-21)5-6-24(31-22)32-9-11-33(12-10-32)25-17-27-7-8-28-25/h3-8,13-15,17H,9-12,16H2,1-2H3,(H,30,34). The highest BCUT2D eigenvalue weighted by atomic mass is 32.2. The number of carbonyl (C=O) groups is 1. The van der Waals surface area contributed by atoms with Crippen LogP contribution in [0.1, 0.15) is 21.6 Å². The summed E-state index contributed by atoms with van der Waals surface area (Å²) in [5.41, 5.74) is 2.34. The minimum Gasteiger partial charge on any atom is -0.353 e.